The van der Waals surface area contributed by atoms with E-state index in [9.17, 15) is 44.1 Å². The van der Waals surface area contributed by atoms with Crippen molar-refractivity contribution in [2.75, 3.05) is 19.6 Å². The molecule has 10 atom stereocenters. The lowest BCUT2D eigenvalue weighted by molar-refractivity contribution is -0.142. The van der Waals surface area contributed by atoms with Gasteiger partial charge in [0.2, 0.25) is 29.5 Å². The standard InChI is InChI=1S/C28H35N3O4S.C26H32N4O5.C25H30N4O4S/c1-16(19-7-9-20(10-8-19)26-18(3)29-15-36-26)11-23(33)22-13-21(32)14-31(22)27(34)25(28(4,5)6)24-12-17(2)30-35-24;1-15-10-21(35-29-15)22(26(3,4)5)25(33)30-13-19(31)11-20(30)24(32)27-12-17-6-8-18(9-7-17)23-16(2)28-14-34-23;1-15-9-20(33-28-15)22(25(2,3)4)24(32)29-13-18(30)10-19(29)23(31)27-11-16-5-7-17(8-6-16)21-12-26-14-34-21/h7-10,12,15-16,21-22,25,32H,11,13-14H2,1-6H3;6-10,14,19-20,22,31H,11-13H2,1-5H3,(H,27,32);5-9,12,14,18-19,22,30H,10-11,13H2,1-4H3,(H,27,31)/t16-,21-,22+,25-;19-,20+,22-;18-,19+,22-/m111/s1. The minimum absolute atomic E-state index is 0.0147. The molecule has 0 unspecified atom stereocenters. The minimum Gasteiger partial charge on any atom is -0.443 e. The lowest BCUT2D eigenvalue weighted by Crippen LogP contribution is -2.49. The van der Waals surface area contributed by atoms with E-state index in [2.05, 4.69) is 65.3 Å². The van der Waals surface area contributed by atoms with Gasteiger partial charge in [-0.25, -0.2) is 9.97 Å². The summed E-state index contributed by atoms with van der Waals surface area (Å²) in [6.45, 7) is 29.9. The second kappa shape index (κ2) is 33.0. The Balaban J connectivity index is 0.000000169. The molecule has 9 heterocycles. The number of aryl methyl sites for hydroxylation is 5. The maximum Gasteiger partial charge on any atom is 0.243 e. The van der Waals surface area contributed by atoms with Crippen LogP contribution in [0.4, 0.5) is 0 Å². The number of likely N-dealkylation sites (tertiary alicyclic amines) is 3. The Bertz CT molecular complexity index is 4440. The normalized spacial score (nSPS) is 19.4. The van der Waals surface area contributed by atoms with Gasteiger partial charge in [-0.05, 0) is 84.6 Å². The number of aliphatic hydroxyl groups excluding tert-OH is 3. The van der Waals surface area contributed by atoms with E-state index in [-0.39, 0.29) is 80.1 Å². The zero-order chi connectivity index (χ0) is 76.0. The third kappa shape index (κ3) is 19.0. The fraction of sp³-hybridized carbons (Fsp3) is 0.468. The number of aliphatic hydroxyl groups is 3. The number of nitrogens with zero attached hydrogens (tertiary/aromatic N) is 9. The number of nitrogens with one attached hydrogen (secondary N) is 2. The second-order valence-electron chi connectivity index (χ2n) is 31.1. The molecule has 5 amide bonds. The van der Waals surface area contributed by atoms with Gasteiger partial charge in [0.05, 0.1) is 73.6 Å². The molecule has 0 bridgehead atoms. The van der Waals surface area contributed by atoms with E-state index in [4.69, 9.17) is 18.0 Å². The number of thiazole rings is 2. The fourth-order valence-corrected chi connectivity index (χ4v) is 15.4. The molecular formula is C79H97N11O13S2. The van der Waals surface area contributed by atoms with Gasteiger partial charge in [-0.1, -0.05) is 158 Å². The lowest BCUT2D eigenvalue weighted by atomic mass is 9.78. The summed E-state index contributed by atoms with van der Waals surface area (Å²) in [6.07, 6.45) is 1.93. The number of ketones is 1. The SMILES string of the molecule is Cc1cc([C@H](C(=O)N2C[C@H](O)C[C@H]2C(=O)C[C@@H](C)c2ccc(-c3scnc3C)cc2)C(C)(C)C)on1.Cc1cc([C@H](C(=O)N2C[C@H](O)C[C@H]2C(=O)NCc2ccc(-c3cncs3)cc2)C(C)(C)C)on1.Cc1cc([C@H](C(=O)N2C[C@H](O)C[C@H]2C(=O)NCc2ccc(-c3ocnc3C)cc2)C(C)(C)C)on1. The molecule has 5 N–H and O–H groups in total. The Hall–Kier alpha value is -9.34. The summed E-state index contributed by atoms with van der Waals surface area (Å²) in [5.41, 5.74) is 12.2. The van der Waals surface area contributed by atoms with Crippen LogP contribution in [0.2, 0.25) is 0 Å². The van der Waals surface area contributed by atoms with Crippen LogP contribution in [0.1, 0.15) is 181 Å². The quantitative estimate of drug-likeness (QED) is 0.0502. The molecular weight excluding hydrogens is 1380 g/mol. The molecule has 24 nitrogen and oxygen atoms in total. The first-order valence-electron chi connectivity index (χ1n) is 35.4. The van der Waals surface area contributed by atoms with Gasteiger partial charge in [0.1, 0.15) is 47.1 Å². The molecule has 558 valence electrons. The highest BCUT2D eigenvalue weighted by molar-refractivity contribution is 7.13. The Kier molecular flexibility index (Phi) is 24.6. The van der Waals surface area contributed by atoms with Crippen molar-refractivity contribution in [2.24, 2.45) is 16.2 Å². The Labute approximate surface area is 620 Å². The van der Waals surface area contributed by atoms with Crippen molar-refractivity contribution in [3.05, 3.63) is 177 Å². The number of aromatic nitrogens is 6. The third-order valence-corrected chi connectivity index (χ3v) is 21.2. The van der Waals surface area contributed by atoms with Gasteiger partial charge in [-0.2, -0.15) is 0 Å². The maximum atomic E-state index is 13.8. The monoisotopic (exact) mass is 1470 g/mol. The average molecular weight is 1470 g/mol. The first-order valence-corrected chi connectivity index (χ1v) is 37.2. The zero-order valence-electron chi connectivity index (χ0n) is 62.4. The van der Waals surface area contributed by atoms with Crippen molar-refractivity contribution in [2.45, 2.75) is 203 Å². The molecule has 0 saturated carbocycles. The van der Waals surface area contributed by atoms with Gasteiger partial charge < -0.3 is 58.6 Å². The summed E-state index contributed by atoms with van der Waals surface area (Å²) < 4.78 is 21.8. The van der Waals surface area contributed by atoms with Gasteiger partial charge in [0, 0.05) is 88.4 Å². The van der Waals surface area contributed by atoms with E-state index in [0.29, 0.717) is 59.6 Å². The Morgan fingerprint density at radius 3 is 1.30 bits per heavy atom. The summed E-state index contributed by atoms with van der Waals surface area (Å²) in [5.74, 6) is -1.03. The minimum atomic E-state index is -0.767. The predicted octanol–water partition coefficient (Wildman–Crippen LogP) is 12.1. The largest absolute Gasteiger partial charge is 0.443 e. The topological polar surface area (TPSA) is 327 Å². The zero-order valence-corrected chi connectivity index (χ0v) is 64.0. The van der Waals surface area contributed by atoms with Crippen molar-refractivity contribution in [1.82, 2.24) is 55.8 Å². The highest BCUT2D eigenvalue weighted by Gasteiger charge is 2.49. The van der Waals surface area contributed by atoms with Crippen molar-refractivity contribution in [3.8, 4) is 32.2 Å². The smallest absolute Gasteiger partial charge is 0.243 e. The summed E-state index contributed by atoms with van der Waals surface area (Å²) in [5, 5.41) is 48.8. The van der Waals surface area contributed by atoms with Gasteiger partial charge in [-0.3, -0.25) is 33.8 Å². The number of oxazole rings is 1. The molecule has 3 aliphatic rings. The number of Topliss-reactive ketones (excluding diaryl/α,β-unsaturated/α-hetero) is 1. The molecule has 0 spiro atoms. The molecule has 0 aliphatic carbocycles. The van der Waals surface area contributed by atoms with E-state index < -0.39 is 70.4 Å². The maximum absolute atomic E-state index is 13.8. The van der Waals surface area contributed by atoms with Crippen molar-refractivity contribution in [1.29, 1.82) is 0 Å². The van der Waals surface area contributed by atoms with Crippen molar-refractivity contribution >= 4 is 58.0 Å². The molecule has 3 fully saturated rings. The van der Waals surface area contributed by atoms with Crippen LogP contribution >= 0.6 is 22.7 Å². The highest BCUT2D eigenvalue weighted by atomic mass is 32.1. The van der Waals surface area contributed by atoms with Crippen LogP contribution in [0.15, 0.2) is 133 Å². The molecule has 12 rings (SSSR count). The predicted molar refractivity (Wildman–Crippen MR) is 397 cm³/mol. The van der Waals surface area contributed by atoms with E-state index in [1.165, 1.54) is 16.2 Å². The summed E-state index contributed by atoms with van der Waals surface area (Å²) in [6, 6.07) is 26.9. The molecule has 6 aromatic heterocycles. The van der Waals surface area contributed by atoms with Gasteiger partial charge >= 0.3 is 0 Å². The first-order chi connectivity index (χ1) is 49.6. The molecule has 105 heavy (non-hydrogen) atoms. The Morgan fingerprint density at radius 2 is 0.933 bits per heavy atom. The summed E-state index contributed by atoms with van der Waals surface area (Å²) in [7, 11) is 0. The van der Waals surface area contributed by atoms with Crippen molar-refractivity contribution in [3.63, 3.8) is 0 Å². The fourth-order valence-electron chi connectivity index (χ4n) is 14.0. The second-order valence-corrected chi connectivity index (χ2v) is 32.9. The van der Waals surface area contributed by atoms with Crippen LogP contribution in [0.5, 0.6) is 0 Å². The van der Waals surface area contributed by atoms with Crippen LogP contribution in [-0.2, 0) is 41.9 Å². The number of benzene rings is 3. The van der Waals surface area contributed by atoms with Gasteiger partial charge in [-0.15, -0.1) is 22.7 Å². The third-order valence-electron chi connectivity index (χ3n) is 19.4. The number of hydrogen-bond donors (Lipinski definition) is 5. The van der Waals surface area contributed by atoms with E-state index >= 15 is 0 Å². The molecule has 3 aromatic carbocycles. The number of carbonyl (C=O) groups excluding carboxylic acids is 6. The molecule has 3 aliphatic heterocycles. The average Bonchev–Trinajstić information content (AvgIpc) is 1.70. The first kappa shape index (κ1) is 78.3. The molecule has 3 saturated heterocycles. The number of carbonyl (C=O) groups is 6. The van der Waals surface area contributed by atoms with Crippen LogP contribution in [0.3, 0.4) is 0 Å². The van der Waals surface area contributed by atoms with E-state index in [1.54, 1.807) is 65.1 Å². The van der Waals surface area contributed by atoms with Gasteiger partial charge in [0.15, 0.2) is 17.9 Å². The number of β-amino-alcohol motifs (C(OH)–C–C–N with tert-alkyl or cyclic N) is 3. The number of amides is 5. The molecule has 9 aromatic rings. The van der Waals surface area contributed by atoms with Crippen molar-refractivity contribution < 1.29 is 62.1 Å². The van der Waals surface area contributed by atoms with Crippen LogP contribution in [-0.4, -0.2) is 152 Å². The summed E-state index contributed by atoms with van der Waals surface area (Å²) >= 11 is 3.18. The van der Waals surface area contributed by atoms with E-state index in [1.807, 2.05) is 150 Å². The summed E-state index contributed by atoms with van der Waals surface area (Å²) in [4.78, 5) is 100.0. The van der Waals surface area contributed by atoms with Crippen LogP contribution in [0.25, 0.3) is 32.2 Å². The lowest BCUT2D eigenvalue weighted by Gasteiger charge is -2.33. The number of hydrogen-bond acceptors (Lipinski definition) is 21. The van der Waals surface area contributed by atoms with E-state index in [0.717, 1.165) is 54.5 Å². The Morgan fingerprint density at radius 1 is 0.524 bits per heavy atom. The number of rotatable bonds is 19. The van der Waals surface area contributed by atoms with Crippen LogP contribution < -0.4 is 10.6 Å². The van der Waals surface area contributed by atoms with Gasteiger partial charge in [0.25, 0.3) is 0 Å². The highest BCUT2D eigenvalue weighted by Crippen LogP contribution is 2.43. The van der Waals surface area contributed by atoms with Crippen LogP contribution in [0, 0.1) is 50.9 Å². The molecule has 0 radical (unpaired) electrons. The molecule has 26 heteroatoms.